The number of carbonyl (C=O) groups is 1. The highest BCUT2D eigenvalue weighted by molar-refractivity contribution is 6.31. The van der Waals surface area contributed by atoms with Crippen molar-refractivity contribution in [3.05, 3.63) is 34.9 Å². The number of halogens is 1. The molecule has 0 heterocycles. The Morgan fingerprint density at radius 2 is 1.89 bits per heavy atom. The van der Waals surface area contributed by atoms with Crippen LogP contribution in [0.15, 0.2) is 24.3 Å². The van der Waals surface area contributed by atoms with E-state index in [1.54, 1.807) is 24.3 Å². The quantitative estimate of drug-likeness (QED) is 0.793. The Kier molecular flexibility index (Phi) is 4.80. The van der Waals surface area contributed by atoms with Gasteiger partial charge in [0.15, 0.2) is 0 Å². The van der Waals surface area contributed by atoms with Crippen LogP contribution in [0.25, 0.3) is 0 Å². The highest BCUT2D eigenvalue weighted by Gasteiger charge is 2.27. The average molecular weight is 284 g/mol. The number of aliphatic hydroxyl groups excluding tert-OH is 1. The van der Waals surface area contributed by atoms with E-state index in [1.807, 2.05) is 0 Å². The van der Waals surface area contributed by atoms with Crippen LogP contribution in [-0.4, -0.2) is 28.3 Å². The van der Waals surface area contributed by atoms with Crippen molar-refractivity contribution in [1.29, 1.82) is 0 Å². The van der Waals surface area contributed by atoms with Gasteiger partial charge in [-0.25, -0.2) is 0 Å². The molecule has 2 rings (SSSR count). The molecule has 1 fully saturated rings. The molecule has 0 amide bonds. The molecule has 0 aliphatic heterocycles. The Labute approximate surface area is 117 Å². The van der Waals surface area contributed by atoms with Crippen molar-refractivity contribution in [1.82, 2.24) is 5.32 Å². The van der Waals surface area contributed by atoms with Crippen molar-refractivity contribution in [2.24, 2.45) is 0 Å². The van der Waals surface area contributed by atoms with Gasteiger partial charge in [-0.1, -0.05) is 29.8 Å². The van der Waals surface area contributed by atoms with E-state index in [0.717, 1.165) is 12.8 Å². The predicted molar refractivity (Wildman–Crippen MR) is 73.2 cm³/mol. The standard InChI is InChI=1S/C14H18ClNO3/c15-12-4-2-1-3-11(12)13(14(18)19)16-9-5-7-10(17)8-6-9/h1-4,9-10,13,16-17H,5-8H2,(H,18,19). The summed E-state index contributed by atoms with van der Waals surface area (Å²) < 4.78 is 0. The summed E-state index contributed by atoms with van der Waals surface area (Å²) in [7, 11) is 0. The molecule has 1 aromatic carbocycles. The number of hydrogen-bond acceptors (Lipinski definition) is 3. The van der Waals surface area contributed by atoms with E-state index < -0.39 is 12.0 Å². The van der Waals surface area contributed by atoms with Gasteiger partial charge in [0.25, 0.3) is 0 Å². The first kappa shape index (κ1) is 14.3. The molecule has 104 valence electrons. The molecule has 0 radical (unpaired) electrons. The lowest BCUT2D eigenvalue weighted by atomic mass is 9.92. The maximum absolute atomic E-state index is 11.4. The highest BCUT2D eigenvalue weighted by Crippen LogP contribution is 2.26. The lowest BCUT2D eigenvalue weighted by Gasteiger charge is -2.29. The average Bonchev–Trinajstić information content (AvgIpc) is 2.39. The van der Waals surface area contributed by atoms with Crippen molar-refractivity contribution in [2.75, 3.05) is 0 Å². The van der Waals surface area contributed by atoms with Crippen LogP contribution in [-0.2, 0) is 4.79 Å². The van der Waals surface area contributed by atoms with Gasteiger partial charge in [-0.15, -0.1) is 0 Å². The van der Waals surface area contributed by atoms with Crippen LogP contribution in [0, 0.1) is 0 Å². The smallest absolute Gasteiger partial charge is 0.325 e. The van der Waals surface area contributed by atoms with E-state index in [2.05, 4.69) is 5.32 Å². The van der Waals surface area contributed by atoms with Crippen LogP contribution in [0.2, 0.25) is 5.02 Å². The summed E-state index contributed by atoms with van der Waals surface area (Å²) in [5, 5.41) is 22.4. The number of aliphatic carboxylic acids is 1. The molecule has 1 saturated carbocycles. The van der Waals surface area contributed by atoms with Gasteiger partial charge in [-0.3, -0.25) is 10.1 Å². The molecule has 5 heteroatoms. The molecule has 0 saturated heterocycles. The summed E-state index contributed by atoms with van der Waals surface area (Å²) in [5.74, 6) is -0.931. The van der Waals surface area contributed by atoms with Crippen LogP contribution in [0.1, 0.15) is 37.3 Å². The normalized spacial score (nSPS) is 24.9. The van der Waals surface area contributed by atoms with E-state index in [0.29, 0.717) is 23.4 Å². The first-order chi connectivity index (χ1) is 9.08. The van der Waals surface area contributed by atoms with Gasteiger partial charge < -0.3 is 10.2 Å². The third-order valence-corrected chi connectivity index (χ3v) is 3.91. The molecule has 1 aromatic rings. The molecular formula is C14H18ClNO3. The maximum atomic E-state index is 11.4. The van der Waals surface area contributed by atoms with Gasteiger partial charge in [0.1, 0.15) is 6.04 Å². The third kappa shape index (κ3) is 3.69. The van der Waals surface area contributed by atoms with Gasteiger partial charge >= 0.3 is 5.97 Å². The summed E-state index contributed by atoms with van der Waals surface area (Å²) in [4.78, 5) is 11.4. The summed E-state index contributed by atoms with van der Waals surface area (Å²) >= 11 is 6.06. The van der Waals surface area contributed by atoms with Crippen molar-refractivity contribution < 1.29 is 15.0 Å². The molecule has 0 spiro atoms. The van der Waals surface area contributed by atoms with E-state index in [1.165, 1.54) is 0 Å². The molecule has 1 aliphatic carbocycles. The SMILES string of the molecule is O=C(O)C(NC1CCC(O)CC1)c1ccccc1Cl. The van der Waals surface area contributed by atoms with E-state index in [4.69, 9.17) is 11.6 Å². The van der Waals surface area contributed by atoms with Crippen LogP contribution in [0.5, 0.6) is 0 Å². The Morgan fingerprint density at radius 1 is 1.26 bits per heavy atom. The number of hydrogen-bond donors (Lipinski definition) is 3. The first-order valence-corrected chi connectivity index (χ1v) is 6.87. The number of benzene rings is 1. The van der Waals surface area contributed by atoms with E-state index in [9.17, 15) is 15.0 Å². The van der Waals surface area contributed by atoms with Crippen molar-refractivity contribution in [3.8, 4) is 0 Å². The number of nitrogens with one attached hydrogen (secondary N) is 1. The fourth-order valence-corrected chi connectivity index (χ4v) is 2.73. The second kappa shape index (κ2) is 6.37. The van der Waals surface area contributed by atoms with Gasteiger partial charge in [0.05, 0.1) is 6.10 Å². The largest absolute Gasteiger partial charge is 0.480 e. The molecule has 19 heavy (non-hydrogen) atoms. The fourth-order valence-electron chi connectivity index (χ4n) is 2.48. The predicted octanol–water partition coefficient (Wildman–Crippen LogP) is 2.36. The molecule has 1 atom stereocenters. The second-order valence-electron chi connectivity index (χ2n) is 4.96. The van der Waals surface area contributed by atoms with Crippen LogP contribution >= 0.6 is 11.6 Å². The lowest BCUT2D eigenvalue weighted by molar-refractivity contribution is -0.140. The van der Waals surface area contributed by atoms with Gasteiger partial charge in [0, 0.05) is 11.1 Å². The minimum Gasteiger partial charge on any atom is -0.480 e. The van der Waals surface area contributed by atoms with Gasteiger partial charge in [-0.05, 0) is 37.3 Å². The molecular weight excluding hydrogens is 266 g/mol. The van der Waals surface area contributed by atoms with Crippen LogP contribution in [0.4, 0.5) is 0 Å². The maximum Gasteiger partial charge on any atom is 0.325 e. The molecule has 4 nitrogen and oxygen atoms in total. The Hall–Kier alpha value is -1.10. The zero-order valence-electron chi connectivity index (χ0n) is 10.6. The summed E-state index contributed by atoms with van der Waals surface area (Å²) in [6, 6.07) is 6.30. The number of carboxylic acid groups (broad SMARTS) is 1. The highest BCUT2D eigenvalue weighted by atomic mass is 35.5. The second-order valence-corrected chi connectivity index (χ2v) is 5.37. The third-order valence-electron chi connectivity index (χ3n) is 3.56. The Balaban J connectivity index is 2.09. The Bertz CT molecular complexity index is 444. The summed E-state index contributed by atoms with van der Waals surface area (Å²) in [6.45, 7) is 0. The Morgan fingerprint density at radius 3 is 2.47 bits per heavy atom. The number of rotatable bonds is 4. The number of carboxylic acids is 1. The van der Waals surface area contributed by atoms with E-state index in [-0.39, 0.29) is 12.1 Å². The van der Waals surface area contributed by atoms with Crippen molar-refractivity contribution in [2.45, 2.75) is 43.9 Å². The van der Waals surface area contributed by atoms with Crippen LogP contribution < -0.4 is 5.32 Å². The minimum absolute atomic E-state index is 0.112. The summed E-state index contributed by atoms with van der Waals surface area (Å²) in [6.07, 6.45) is 2.76. The molecule has 0 bridgehead atoms. The zero-order valence-corrected chi connectivity index (χ0v) is 11.3. The van der Waals surface area contributed by atoms with Crippen molar-refractivity contribution >= 4 is 17.6 Å². The first-order valence-electron chi connectivity index (χ1n) is 6.49. The van der Waals surface area contributed by atoms with Crippen molar-refractivity contribution in [3.63, 3.8) is 0 Å². The molecule has 1 aliphatic rings. The van der Waals surface area contributed by atoms with E-state index >= 15 is 0 Å². The molecule has 0 aromatic heterocycles. The minimum atomic E-state index is -0.931. The monoisotopic (exact) mass is 283 g/mol. The number of aliphatic hydroxyl groups is 1. The summed E-state index contributed by atoms with van der Waals surface area (Å²) in [5.41, 5.74) is 0.586. The fraction of sp³-hybridized carbons (Fsp3) is 0.500. The molecule has 3 N–H and O–H groups in total. The van der Waals surface area contributed by atoms with Gasteiger partial charge in [0.2, 0.25) is 0 Å². The topological polar surface area (TPSA) is 69.6 Å². The van der Waals surface area contributed by atoms with Crippen LogP contribution in [0.3, 0.4) is 0 Å². The lowest BCUT2D eigenvalue weighted by Crippen LogP contribution is -2.40. The molecule has 1 unspecified atom stereocenters. The van der Waals surface area contributed by atoms with Gasteiger partial charge in [-0.2, -0.15) is 0 Å². The zero-order chi connectivity index (χ0) is 13.8.